The van der Waals surface area contributed by atoms with E-state index in [-0.39, 0.29) is 15.6 Å². The zero-order valence-corrected chi connectivity index (χ0v) is 19.4. The lowest BCUT2D eigenvalue weighted by molar-refractivity contribution is -0.138. The van der Waals surface area contributed by atoms with Crippen LogP contribution in [0.25, 0.3) is 22.3 Å². The van der Waals surface area contributed by atoms with Crippen molar-refractivity contribution in [1.82, 2.24) is 0 Å². The number of halogens is 10. The van der Waals surface area contributed by atoms with Crippen molar-refractivity contribution in [3.8, 4) is 22.3 Å². The first-order valence-electron chi connectivity index (χ1n) is 10.0. The summed E-state index contributed by atoms with van der Waals surface area (Å²) in [4.78, 5) is 0. The van der Waals surface area contributed by atoms with Gasteiger partial charge < -0.3 is 0 Å². The molecule has 0 aliphatic rings. The Bertz CT molecular complexity index is 1180. The van der Waals surface area contributed by atoms with Gasteiger partial charge >= 0.3 is 12.4 Å². The van der Waals surface area contributed by atoms with Gasteiger partial charge in [-0.1, -0.05) is 83.9 Å². The zero-order chi connectivity index (χ0) is 26.7. The van der Waals surface area contributed by atoms with Crippen LogP contribution in [0.5, 0.6) is 0 Å². The maximum atomic E-state index is 13.6. The minimum atomic E-state index is -4.77. The molecule has 4 rings (SSSR count). The molecule has 4 aromatic carbocycles. The minimum absolute atomic E-state index is 0.0129. The van der Waals surface area contributed by atoms with Crippen molar-refractivity contribution in [3.63, 3.8) is 0 Å². The highest BCUT2D eigenvalue weighted by atomic mass is 35.5. The van der Waals surface area contributed by atoms with E-state index < -0.39 is 40.7 Å². The second kappa shape index (κ2) is 10.9. The summed E-state index contributed by atoms with van der Waals surface area (Å²) in [6.45, 7) is 0. The van der Waals surface area contributed by atoms with Gasteiger partial charge in [0, 0.05) is 5.56 Å². The third-order valence-electron chi connectivity index (χ3n) is 4.86. The lowest BCUT2D eigenvalue weighted by Crippen LogP contribution is -2.07. The summed E-state index contributed by atoms with van der Waals surface area (Å²) in [7, 11) is 0. The van der Waals surface area contributed by atoms with Crippen LogP contribution in [0.15, 0.2) is 84.9 Å². The molecular formula is C26H14Cl2F8. The molecule has 0 saturated carbocycles. The van der Waals surface area contributed by atoms with Crippen molar-refractivity contribution < 1.29 is 35.1 Å². The summed E-state index contributed by atoms with van der Waals surface area (Å²) in [5.41, 5.74) is -1.35. The molecule has 0 fully saturated rings. The maximum Gasteiger partial charge on any atom is 0.416 e. The van der Waals surface area contributed by atoms with Crippen LogP contribution in [0.1, 0.15) is 11.1 Å². The van der Waals surface area contributed by atoms with E-state index >= 15 is 0 Å². The summed E-state index contributed by atoms with van der Waals surface area (Å²) >= 11 is 11.8. The Morgan fingerprint density at radius 3 is 1.17 bits per heavy atom. The van der Waals surface area contributed by atoms with Gasteiger partial charge in [-0.05, 0) is 35.4 Å². The molecule has 0 unspecified atom stereocenters. The average Bonchev–Trinajstić information content (AvgIpc) is 2.79. The summed E-state index contributed by atoms with van der Waals surface area (Å²) in [6, 6.07) is 18.8. The molecule has 0 aliphatic carbocycles. The molecule has 0 N–H and O–H groups in total. The molecule has 0 atom stereocenters. The summed E-state index contributed by atoms with van der Waals surface area (Å²) in [6.07, 6.45) is -9.22. The molecule has 0 radical (unpaired) electrons. The second-order valence-electron chi connectivity index (χ2n) is 7.36. The first-order valence-corrected chi connectivity index (χ1v) is 10.8. The van der Waals surface area contributed by atoms with Gasteiger partial charge in [0.25, 0.3) is 0 Å². The van der Waals surface area contributed by atoms with Crippen LogP contribution in [0, 0.1) is 11.6 Å². The fourth-order valence-electron chi connectivity index (χ4n) is 3.23. The normalized spacial score (nSPS) is 11.6. The molecule has 0 heterocycles. The summed E-state index contributed by atoms with van der Waals surface area (Å²) in [5, 5.41) is -0.0259. The van der Waals surface area contributed by atoms with Gasteiger partial charge in [0.15, 0.2) is 0 Å². The van der Waals surface area contributed by atoms with Gasteiger partial charge in [0.2, 0.25) is 0 Å². The highest BCUT2D eigenvalue weighted by Crippen LogP contribution is 2.40. The number of hydrogen-bond donors (Lipinski definition) is 0. The maximum absolute atomic E-state index is 13.6. The fourth-order valence-corrected chi connectivity index (χ4v) is 3.94. The van der Waals surface area contributed by atoms with Crippen molar-refractivity contribution >= 4 is 23.2 Å². The van der Waals surface area contributed by atoms with Crippen molar-refractivity contribution in [2.24, 2.45) is 0 Å². The largest absolute Gasteiger partial charge is 0.416 e. The molecule has 0 aliphatic heterocycles. The Hall–Kier alpha value is -3.10. The Morgan fingerprint density at radius 2 is 0.806 bits per heavy atom. The number of hydrogen-bond acceptors (Lipinski definition) is 0. The highest BCUT2D eigenvalue weighted by Gasteiger charge is 2.33. The van der Waals surface area contributed by atoms with E-state index in [1.165, 1.54) is 12.1 Å². The van der Waals surface area contributed by atoms with Crippen molar-refractivity contribution in [1.29, 1.82) is 0 Å². The quantitative estimate of drug-likeness (QED) is 0.218. The Labute approximate surface area is 210 Å². The van der Waals surface area contributed by atoms with E-state index in [4.69, 9.17) is 23.2 Å². The monoisotopic (exact) mass is 548 g/mol. The molecule has 36 heavy (non-hydrogen) atoms. The Morgan fingerprint density at radius 1 is 0.472 bits per heavy atom. The van der Waals surface area contributed by atoms with Crippen LogP contribution in [0.3, 0.4) is 0 Å². The molecule has 0 aromatic heterocycles. The molecule has 10 heteroatoms. The molecule has 0 amide bonds. The van der Waals surface area contributed by atoms with Gasteiger partial charge in [0.1, 0.15) is 11.6 Å². The lowest BCUT2D eigenvalue weighted by Gasteiger charge is -2.12. The second-order valence-corrected chi connectivity index (χ2v) is 8.17. The molecule has 4 aromatic rings. The van der Waals surface area contributed by atoms with Crippen molar-refractivity contribution in [2.45, 2.75) is 12.4 Å². The minimum Gasteiger partial charge on any atom is -0.206 e. The van der Waals surface area contributed by atoms with E-state index in [1.54, 1.807) is 48.5 Å². The van der Waals surface area contributed by atoms with Gasteiger partial charge in [-0.2, -0.15) is 26.3 Å². The third kappa shape index (κ3) is 6.56. The fraction of sp³-hybridized carbons (Fsp3) is 0.0769. The predicted molar refractivity (Wildman–Crippen MR) is 124 cm³/mol. The van der Waals surface area contributed by atoms with E-state index in [2.05, 4.69) is 0 Å². The van der Waals surface area contributed by atoms with E-state index in [0.717, 1.165) is 12.1 Å². The standard InChI is InChI=1S/C13H7Cl2F3.C13H7F5/c2*14-10-6-9(13(16,17)18)7-11(15)12(10)8-4-2-1-3-5-8/h2*1-7H. The SMILES string of the molecule is FC(F)(F)c1cc(Cl)c(-c2ccccc2)c(Cl)c1.Fc1cc(C(F)(F)F)cc(F)c1-c1ccccc1. The molecular weight excluding hydrogens is 535 g/mol. The van der Waals surface area contributed by atoms with Crippen LogP contribution in [-0.4, -0.2) is 0 Å². The first kappa shape index (κ1) is 27.5. The predicted octanol–water partition coefficient (Wildman–Crippen LogP) is 10.3. The van der Waals surface area contributed by atoms with Gasteiger partial charge in [-0.15, -0.1) is 0 Å². The summed E-state index contributed by atoms with van der Waals surface area (Å²) in [5.74, 6) is -2.46. The van der Waals surface area contributed by atoms with Gasteiger partial charge in [0.05, 0.1) is 26.7 Å². The number of alkyl halides is 6. The molecule has 0 spiro atoms. The summed E-state index contributed by atoms with van der Waals surface area (Å²) < 4.78 is 102. The van der Waals surface area contributed by atoms with Gasteiger partial charge in [-0.25, -0.2) is 8.78 Å². The van der Waals surface area contributed by atoms with Crippen LogP contribution in [0.4, 0.5) is 35.1 Å². The Balaban J connectivity index is 0.000000201. The molecule has 0 nitrogen and oxygen atoms in total. The lowest BCUT2D eigenvalue weighted by atomic mass is 10.0. The molecule has 0 bridgehead atoms. The van der Waals surface area contributed by atoms with Crippen molar-refractivity contribution in [3.05, 3.63) is 118 Å². The van der Waals surface area contributed by atoms with Crippen molar-refractivity contribution in [2.75, 3.05) is 0 Å². The van der Waals surface area contributed by atoms with Crippen LogP contribution < -0.4 is 0 Å². The van der Waals surface area contributed by atoms with E-state index in [1.807, 2.05) is 0 Å². The average molecular weight is 549 g/mol. The number of rotatable bonds is 2. The van der Waals surface area contributed by atoms with Crippen LogP contribution >= 0.6 is 23.2 Å². The van der Waals surface area contributed by atoms with E-state index in [9.17, 15) is 35.1 Å². The van der Waals surface area contributed by atoms with E-state index in [0.29, 0.717) is 23.3 Å². The number of benzene rings is 4. The third-order valence-corrected chi connectivity index (χ3v) is 5.46. The zero-order valence-electron chi connectivity index (χ0n) is 17.9. The topological polar surface area (TPSA) is 0 Å². The van der Waals surface area contributed by atoms with Crippen LogP contribution in [-0.2, 0) is 12.4 Å². The van der Waals surface area contributed by atoms with Crippen LogP contribution in [0.2, 0.25) is 10.0 Å². The molecule has 0 saturated heterocycles. The van der Waals surface area contributed by atoms with Gasteiger partial charge in [-0.3, -0.25) is 0 Å². The Kier molecular flexibility index (Phi) is 8.31. The first-order chi connectivity index (χ1) is 16.8. The smallest absolute Gasteiger partial charge is 0.206 e. The highest BCUT2D eigenvalue weighted by molar-refractivity contribution is 6.39. The molecule has 188 valence electrons.